The summed E-state index contributed by atoms with van der Waals surface area (Å²) in [6, 6.07) is 14.8. The Morgan fingerprint density at radius 3 is 2.87 bits per heavy atom. The van der Waals surface area contributed by atoms with E-state index in [9.17, 15) is 0 Å². The average Bonchev–Trinajstić information content (AvgIpc) is 3.31. The van der Waals surface area contributed by atoms with Crippen LogP contribution in [0.3, 0.4) is 0 Å². The molecule has 1 aliphatic heterocycles. The van der Waals surface area contributed by atoms with E-state index in [0.717, 1.165) is 13.0 Å². The summed E-state index contributed by atoms with van der Waals surface area (Å²) in [5.41, 5.74) is 1.38. The molecule has 0 aliphatic carbocycles. The van der Waals surface area contributed by atoms with E-state index in [-0.39, 0.29) is 0 Å². The molecule has 1 atom stereocenters. The lowest BCUT2D eigenvalue weighted by atomic mass is 10.0. The Bertz CT molecular complexity index is 737. The second-order valence-corrected chi connectivity index (χ2v) is 5.95. The third-order valence-corrected chi connectivity index (χ3v) is 4.36. The maximum Gasteiger partial charge on any atom is 0.241 e. The van der Waals surface area contributed by atoms with Crippen LogP contribution in [0.15, 0.2) is 57.7 Å². The summed E-state index contributed by atoms with van der Waals surface area (Å²) in [4.78, 5) is 6.88. The fraction of sp³-hybridized carbons (Fsp3) is 0.333. The maximum absolute atomic E-state index is 5.39. The van der Waals surface area contributed by atoms with E-state index in [1.165, 1.54) is 18.4 Å². The second kappa shape index (κ2) is 6.38. The molecule has 0 amide bonds. The third kappa shape index (κ3) is 3.19. The Morgan fingerprint density at radius 1 is 1.13 bits per heavy atom. The van der Waals surface area contributed by atoms with Crippen molar-refractivity contribution in [1.82, 2.24) is 15.0 Å². The number of benzene rings is 1. The van der Waals surface area contributed by atoms with Crippen LogP contribution in [-0.4, -0.2) is 27.6 Å². The fourth-order valence-electron chi connectivity index (χ4n) is 3.22. The first-order valence-electron chi connectivity index (χ1n) is 8.03. The topological polar surface area (TPSA) is 55.3 Å². The molecule has 3 aromatic rings. The lowest BCUT2D eigenvalue weighted by Gasteiger charge is -2.22. The first kappa shape index (κ1) is 14.2. The predicted octanol–water partition coefficient (Wildman–Crippen LogP) is 3.54. The first-order valence-corrected chi connectivity index (χ1v) is 8.03. The molecule has 5 heteroatoms. The maximum atomic E-state index is 5.39. The van der Waals surface area contributed by atoms with Gasteiger partial charge in [-0.05, 0) is 43.5 Å². The van der Waals surface area contributed by atoms with Crippen LogP contribution in [0.5, 0.6) is 0 Å². The summed E-state index contributed by atoms with van der Waals surface area (Å²) in [6.07, 6.45) is 5.12. The normalized spacial score (nSPS) is 18.5. The van der Waals surface area contributed by atoms with E-state index in [1.807, 2.05) is 12.1 Å². The molecule has 23 heavy (non-hydrogen) atoms. The minimum atomic E-state index is 0.517. The van der Waals surface area contributed by atoms with Crippen LogP contribution in [-0.2, 0) is 13.0 Å². The van der Waals surface area contributed by atoms with Crippen LogP contribution in [0.1, 0.15) is 24.3 Å². The zero-order chi connectivity index (χ0) is 15.5. The highest BCUT2D eigenvalue weighted by atomic mass is 16.5. The van der Waals surface area contributed by atoms with Gasteiger partial charge in [0.2, 0.25) is 11.7 Å². The standard InChI is InChI=1S/C18H19N3O2/c1-2-6-14(7-3-1)12-15-8-4-10-21(15)13-17-19-18(20-23-17)16-9-5-11-22-16/h1-3,5-7,9,11,15H,4,8,10,12-13H2/t15-/m1/s1. The van der Waals surface area contributed by atoms with Crippen molar-refractivity contribution in [2.24, 2.45) is 0 Å². The number of hydrogen-bond donors (Lipinski definition) is 0. The molecule has 5 nitrogen and oxygen atoms in total. The van der Waals surface area contributed by atoms with Gasteiger partial charge in [-0.1, -0.05) is 35.5 Å². The second-order valence-electron chi connectivity index (χ2n) is 5.95. The monoisotopic (exact) mass is 309 g/mol. The zero-order valence-electron chi connectivity index (χ0n) is 12.9. The zero-order valence-corrected chi connectivity index (χ0v) is 12.9. The quantitative estimate of drug-likeness (QED) is 0.721. The Balaban J connectivity index is 1.43. The highest BCUT2D eigenvalue weighted by molar-refractivity contribution is 5.44. The molecule has 0 radical (unpaired) electrons. The number of likely N-dealkylation sites (tertiary alicyclic amines) is 1. The number of furan rings is 1. The first-order chi connectivity index (χ1) is 11.4. The van der Waals surface area contributed by atoms with Gasteiger partial charge >= 0.3 is 0 Å². The van der Waals surface area contributed by atoms with Crippen molar-refractivity contribution in [3.63, 3.8) is 0 Å². The largest absolute Gasteiger partial charge is 0.461 e. The summed E-state index contributed by atoms with van der Waals surface area (Å²) in [5.74, 6) is 1.81. The summed E-state index contributed by atoms with van der Waals surface area (Å²) < 4.78 is 10.7. The van der Waals surface area contributed by atoms with Crippen molar-refractivity contribution < 1.29 is 8.94 Å². The molecule has 118 valence electrons. The van der Waals surface area contributed by atoms with E-state index < -0.39 is 0 Å². The van der Waals surface area contributed by atoms with Crippen molar-refractivity contribution in [3.05, 3.63) is 60.2 Å². The molecule has 4 rings (SSSR count). The Labute approximate surface area is 134 Å². The summed E-state index contributed by atoms with van der Waals surface area (Å²) in [7, 11) is 0. The van der Waals surface area contributed by atoms with Crippen LogP contribution in [0.25, 0.3) is 11.6 Å². The van der Waals surface area contributed by atoms with Crippen molar-refractivity contribution in [2.45, 2.75) is 31.8 Å². The van der Waals surface area contributed by atoms with Crippen molar-refractivity contribution in [3.8, 4) is 11.6 Å². The van der Waals surface area contributed by atoms with Crippen molar-refractivity contribution >= 4 is 0 Å². The lowest BCUT2D eigenvalue weighted by molar-refractivity contribution is 0.210. The average molecular weight is 309 g/mol. The van der Waals surface area contributed by atoms with Gasteiger partial charge in [0.15, 0.2) is 5.76 Å². The van der Waals surface area contributed by atoms with E-state index >= 15 is 0 Å². The van der Waals surface area contributed by atoms with Gasteiger partial charge in [0.25, 0.3) is 0 Å². The van der Waals surface area contributed by atoms with Gasteiger partial charge in [0.1, 0.15) is 0 Å². The van der Waals surface area contributed by atoms with Gasteiger partial charge in [-0.2, -0.15) is 4.98 Å². The summed E-state index contributed by atoms with van der Waals surface area (Å²) >= 11 is 0. The molecule has 1 saturated heterocycles. The third-order valence-electron chi connectivity index (χ3n) is 4.36. The Morgan fingerprint density at radius 2 is 2.04 bits per heavy atom. The van der Waals surface area contributed by atoms with Crippen LogP contribution in [0.2, 0.25) is 0 Å². The van der Waals surface area contributed by atoms with Gasteiger partial charge < -0.3 is 8.94 Å². The molecule has 0 bridgehead atoms. The van der Waals surface area contributed by atoms with Gasteiger partial charge in [0, 0.05) is 6.04 Å². The van der Waals surface area contributed by atoms with E-state index in [1.54, 1.807) is 6.26 Å². The van der Waals surface area contributed by atoms with E-state index in [4.69, 9.17) is 8.94 Å². The van der Waals surface area contributed by atoms with Gasteiger partial charge in [-0.25, -0.2) is 0 Å². The van der Waals surface area contributed by atoms with Crippen LogP contribution < -0.4 is 0 Å². The highest BCUT2D eigenvalue weighted by Crippen LogP contribution is 2.24. The highest BCUT2D eigenvalue weighted by Gasteiger charge is 2.26. The van der Waals surface area contributed by atoms with Crippen LogP contribution >= 0.6 is 0 Å². The molecule has 1 aliphatic rings. The Kier molecular flexibility index (Phi) is 3.94. The minimum Gasteiger partial charge on any atom is -0.461 e. The molecular weight excluding hydrogens is 290 g/mol. The number of hydrogen-bond acceptors (Lipinski definition) is 5. The summed E-state index contributed by atoms with van der Waals surface area (Å²) in [5, 5.41) is 4.00. The SMILES string of the molecule is c1ccc(C[C@H]2CCCN2Cc2nc(-c3ccco3)no2)cc1. The number of rotatable bonds is 5. The predicted molar refractivity (Wildman–Crippen MR) is 85.6 cm³/mol. The molecule has 3 heterocycles. The number of nitrogens with zero attached hydrogens (tertiary/aromatic N) is 3. The van der Waals surface area contributed by atoms with Gasteiger partial charge in [0.05, 0.1) is 12.8 Å². The smallest absolute Gasteiger partial charge is 0.241 e. The van der Waals surface area contributed by atoms with E-state index in [0.29, 0.717) is 30.1 Å². The molecule has 0 spiro atoms. The molecule has 1 aromatic carbocycles. The molecule has 0 N–H and O–H groups in total. The molecule has 0 unspecified atom stereocenters. The van der Waals surface area contributed by atoms with Crippen molar-refractivity contribution in [1.29, 1.82) is 0 Å². The molecule has 2 aromatic heterocycles. The minimum absolute atomic E-state index is 0.517. The number of aromatic nitrogens is 2. The molecule has 1 fully saturated rings. The van der Waals surface area contributed by atoms with Crippen LogP contribution in [0, 0.1) is 0 Å². The fourth-order valence-corrected chi connectivity index (χ4v) is 3.22. The molecular formula is C18H19N3O2. The molecule has 0 saturated carbocycles. The lowest BCUT2D eigenvalue weighted by Crippen LogP contribution is -2.30. The van der Waals surface area contributed by atoms with Gasteiger partial charge in [-0.3, -0.25) is 4.90 Å². The van der Waals surface area contributed by atoms with Crippen molar-refractivity contribution in [2.75, 3.05) is 6.54 Å². The van der Waals surface area contributed by atoms with Crippen LogP contribution in [0.4, 0.5) is 0 Å². The summed E-state index contributed by atoms with van der Waals surface area (Å²) in [6.45, 7) is 1.78. The van der Waals surface area contributed by atoms with Gasteiger partial charge in [-0.15, -0.1) is 0 Å². The Hall–Kier alpha value is -2.40. The van der Waals surface area contributed by atoms with E-state index in [2.05, 4.69) is 45.4 Å².